The smallest absolute Gasteiger partial charge is 0.320 e. The lowest BCUT2D eigenvalue weighted by Crippen LogP contribution is -2.33. The minimum Gasteiger partial charge on any atom is -0.480 e. The molecular weight excluding hydrogens is 124 g/mol. The number of carboxylic acids is 1. The number of hydroxylamine groups is 1. The van der Waals surface area contributed by atoms with E-state index in [2.05, 4.69) is 0 Å². The summed E-state index contributed by atoms with van der Waals surface area (Å²) in [6.45, 7) is 0.202. The Hall–Kier alpha value is -0.650. The van der Waals surface area contributed by atoms with Gasteiger partial charge in [0.05, 0.1) is 0 Å². The van der Waals surface area contributed by atoms with Gasteiger partial charge >= 0.3 is 5.97 Å². The first-order valence-corrected chi connectivity index (χ1v) is 2.54. The van der Waals surface area contributed by atoms with Crippen molar-refractivity contribution in [1.82, 2.24) is 5.48 Å². The average Bonchev–Trinajstić information content (AvgIpc) is 1.82. The fourth-order valence-electron chi connectivity index (χ4n) is 0.344. The van der Waals surface area contributed by atoms with E-state index in [1.807, 2.05) is 5.48 Å². The number of nitrogens with two attached hydrogens (primary N) is 1. The zero-order valence-corrected chi connectivity index (χ0v) is 4.87. The second-order valence-electron chi connectivity index (χ2n) is 1.64. The molecule has 0 rings (SSSR count). The van der Waals surface area contributed by atoms with Crippen LogP contribution < -0.4 is 11.2 Å². The number of carbonyl (C=O) groups is 1. The molecule has 54 valence electrons. The highest BCUT2D eigenvalue weighted by molar-refractivity contribution is 5.72. The highest BCUT2D eigenvalue weighted by atomic mass is 16.5. The summed E-state index contributed by atoms with van der Waals surface area (Å²) in [6.07, 6.45) is 0.228. The van der Waals surface area contributed by atoms with Crippen LogP contribution in [0.25, 0.3) is 0 Å². The van der Waals surface area contributed by atoms with Gasteiger partial charge in [0.2, 0.25) is 0 Å². The summed E-state index contributed by atoms with van der Waals surface area (Å²) in [6, 6.07) is -0.885. The van der Waals surface area contributed by atoms with Crippen LogP contribution in [0.5, 0.6) is 0 Å². The monoisotopic (exact) mass is 134 g/mol. The van der Waals surface area contributed by atoms with Crippen molar-refractivity contribution in [3.8, 4) is 0 Å². The Morgan fingerprint density at radius 1 is 1.78 bits per heavy atom. The van der Waals surface area contributed by atoms with Gasteiger partial charge in [-0.15, -0.1) is 0 Å². The van der Waals surface area contributed by atoms with Crippen LogP contribution in [0.2, 0.25) is 0 Å². The minimum absolute atomic E-state index is 0.202. The number of hydrogen-bond donors (Lipinski definition) is 4. The molecule has 0 aliphatic rings. The lowest BCUT2D eigenvalue weighted by Gasteiger charge is -2.02. The van der Waals surface area contributed by atoms with Crippen LogP contribution in [0.3, 0.4) is 0 Å². The Morgan fingerprint density at radius 3 is 2.67 bits per heavy atom. The van der Waals surface area contributed by atoms with Gasteiger partial charge < -0.3 is 16.0 Å². The number of aliphatic carboxylic acids is 1. The summed E-state index contributed by atoms with van der Waals surface area (Å²) in [5, 5.41) is 16.2. The summed E-state index contributed by atoms with van der Waals surface area (Å²) >= 11 is 0. The Balaban J connectivity index is 3.27. The fourth-order valence-corrected chi connectivity index (χ4v) is 0.344. The van der Waals surface area contributed by atoms with Crippen molar-refractivity contribution in [2.45, 2.75) is 12.5 Å². The van der Waals surface area contributed by atoms with Gasteiger partial charge in [-0.3, -0.25) is 4.79 Å². The third-order valence-electron chi connectivity index (χ3n) is 0.884. The molecule has 0 spiro atoms. The molecular formula is C4H10N2O3. The van der Waals surface area contributed by atoms with E-state index in [0.29, 0.717) is 0 Å². The van der Waals surface area contributed by atoms with E-state index in [0.717, 1.165) is 0 Å². The standard InChI is InChI=1S/C4H10N2O3/c5-3(4(7)8)1-2-6-9/h3,6,9H,1-2,5H2,(H,7,8). The molecule has 0 radical (unpaired) electrons. The van der Waals surface area contributed by atoms with Crippen molar-refractivity contribution in [3.63, 3.8) is 0 Å². The molecule has 5 heteroatoms. The molecule has 0 aromatic carbocycles. The van der Waals surface area contributed by atoms with Crippen molar-refractivity contribution in [1.29, 1.82) is 0 Å². The van der Waals surface area contributed by atoms with Gasteiger partial charge in [0, 0.05) is 6.54 Å². The Morgan fingerprint density at radius 2 is 2.33 bits per heavy atom. The molecule has 0 aliphatic carbocycles. The summed E-state index contributed by atoms with van der Waals surface area (Å²) < 4.78 is 0. The third-order valence-corrected chi connectivity index (χ3v) is 0.884. The highest BCUT2D eigenvalue weighted by Gasteiger charge is 2.09. The molecule has 0 aliphatic heterocycles. The molecule has 0 amide bonds. The van der Waals surface area contributed by atoms with E-state index >= 15 is 0 Å². The minimum atomic E-state index is -1.05. The predicted molar refractivity (Wildman–Crippen MR) is 30.0 cm³/mol. The van der Waals surface area contributed by atoms with Crippen LogP contribution in [0.15, 0.2) is 0 Å². The van der Waals surface area contributed by atoms with Crippen molar-refractivity contribution >= 4 is 5.97 Å². The van der Waals surface area contributed by atoms with Crippen LogP contribution in [-0.2, 0) is 4.79 Å². The van der Waals surface area contributed by atoms with E-state index in [4.69, 9.17) is 16.0 Å². The Bertz CT molecular complexity index is 95.8. The zero-order chi connectivity index (χ0) is 7.28. The van der Waals surface area contributed by atoms with Crippen LogP contribution in [0, 0.1) is 0 Å². The van der Waals surface area contributed by atoms with Gasteiger partial charge in [-0.25, -0.2) is 5.48 Å². The first-order valence-electron chi connectivity index (χ1n) is 2.54. The average molecular weight is 134 g/mol. The van der Waals surface area contributed by atoms with Gasteiger partial charge in [0.1, 0.15) is 6.04 Å². The molecule has 0 heterocycles. The van der Waals surface area contributed by atoms with Crippen LogP contribution in [0.1, 0.15) is 6.42 Å². The second kappa shape index (κ2) is 4.25. The predicted octanol–water partition coefficient (Wildman–Crippen LogP) is -1.23. The maximum atomic E-state index is 9.97. The normalized spacial score (nSPS) is 13.1. The van der Waals surface area contributed by atoms with Gasteiger partial charge in [0.25, 0.3) is 0 Å². The maximum absolute atomic E-state index is 9.97. The van der Waals surface area contributed by atoms with Gasteiger partial charge in [-0.2, -0.15) is 0 Å². The Kier molecular flexibility index (Phi) is 3.94. The van der Waals surface area contributed by atoms with E-state index in [9.17, 15) is 4.79 Å². The Labute approximate surface area is 52.4 Å². The molecule has 0 saturated heterocycles. The molecule has 1 unspecified atom stereocenters. The van der Waals surface area contributed by atoms with Crippen molar-refractivity contribution in [3.05, 3.63) is 0 Å². The van der Waals surface area contributed by atoms with Gasteiger partial charge in [-0.1, -0.05) is 0 Å². The SMILES string of the molecule is NC(CCNO)C(=O)O. The zero-order valence-electron chi connectivity index (χ0n) is 4.87. The first kappa shape index (κ1) is 8.35. The summed E-state index contributed by atoms with van der Waals surface area (Å²) in [5.41, 5.74) is 6.86. The largest absolute Gasteiger partial charge is 0.480 e. The van der Waals surface area contributed by atoms with Crippen LogP contribution in [0.4, 0.5) is 0 Å². The van der Waals surface area contributed by atoms with Crippen molar-refractivity contribution in [2.24, 2.45) is 5.73 Å². The molecule has 0 fully saturated rings. The first-order chi connectivity index (χ1) is 4.18. The molecule has 1 atom stereocenters. The summed E-state index contributed by atoms with van der Waals surface area (Å²) in [7, 11) is 0. The number of hydrogen-bond acceptors (Lipinski definition) is 4. The van der Waals surface area contributed by atoms with Gasteiger partial charge in [-0.05, 0) is 6.42 Å². The van der Waals surface area contributed by atoms with Crippen LogP contribution in [-0.4, -0.2) is 28.9 Å². The number of rotatable bonds is 4. The van der Waals surface area contributed by atoms with E-state index in [1.165, 1.54) is 0 Å². The van der Waals surface area contributed by atoms with Crippen molar-refractivity contribution < 1.29 is 15.1 Å². The molecule has 0 saturated carbocycles. The molecule has 0 bridgehead atoms. The lowest BCUT2D eigenvalue weighted by atomic mass is 10.2. The number of nitrogens with one attached hydrogen (secondary N) is 1. The lowest BCUT2D eigenvalue weighted by molar-refractivity contribution is -0.138. The number of carboxylic acid groups (broad SMARTS) is 1. The van der Waals surface area contributed by atoms with Crippen molar-refractivity contribution in [2.75, 3.05) is 6.54 Å². The quantitative estimate of drug-likeness (QED) is 0.361. The topological polar surface area (TPSA) is 95.6 Å². The van der Waals surface area contributed by atoms with Crippen LogP contribution >= 0.6 is 0 Å². The molecule has 0 aromatic rings. The molecule has 5 N–H and O–H groups in total. The maximum Gasteiger partial charge on any atom is 0.320 e. The van der Waals surface area contributed by atoms with E-state index in [1.54, 1.807) is 0 Å². The summed E-state index contributed by atoms with van der Waals surface area (Å²) in [5.74, 6) is -1.05. The second-order valence-corrected chi connectivity index (χ2v) is 1.64. The van der Waals surface area contributed by atoms with E-state index in [-0.39, 0.29) is 13.0 Å². The van der Waals surface area contributed by atoms with E-state index < -0.39 is 12.0 Å². The highest BCUT2D eigenvalue weighted by Crippen LogP contribution is 1.83. The summed E-state index contributed by atoms with van der Waals surface area (Å²) in [4.78, 5) is 9.97. The molecule has 5 nitrogen and oxygen atoms in total. The third kappa shape index (κ3) is 3.89. The molecule has 9 heavy (non-hydrogen) atoms. The fraction of sp³-hybridized carbons (Fsp3) is 0.750. The molecule has 0 aromatic heterocycles. The van der Waals surface area contributed by atoms with Gasteiger partial charge in [0.15, 0.2) is 0 Å².